The second kappa shape index (κ2) is 5.47. The summed E-state index contributed by atoms with van der Waals surface area (Å²) in [5.74, 6) is 0. The van der Waals surface area contributed by atoms with E-state index in [0.717, 1.165) is 12.8 Å². The Hall–Kier alpha value is 0.0969. The number of hydrogen-bond acceptors (Lipinski definition) is 3. The fraction of sp³-hybridized carbons (Fsp3) is 1.00. The van der Waals surface area contributed by atoms with Crippen LogP contribution in [0.25, 0.3) is 0 Å². The average molecular weight is 288 g/mol. The van der Waals surface area contributed by atoms with Crippen LogP contribution in [0.15, 0.2) is 0 Å². The van der Waals surface area contributed by atoms with Crippen molar-refractivity contribution in [2.24, 2.45) is 0 Å². The van der Waals surface area contributed by atoms with Gasteiger partial charge in [-0.15, -0.1) is 0 Å². The lowest BCUT2D eigenvalue weighted by molar-refractivity contribution is 0.0271. The summed E-state index contributed by atoms with van der Waals surface area (Å²) in [6.07, 6.45) is 1.54. The standard InChI is InChI=1S/C15H33NO2Si/c1-11(18-19(7,8)14(2,3)4)13-9-12(17)10-15(5,6)16-13/h11-13,16-17H,9-10H2,1-8H3/t11-,12?,13-/m0/s1. The predicted molar refractivity (Wildman–Crippen MR) is 84.0 cm³/mol. The molecule has 1 fully saturated rings. The van der Waals surface area contributed by atoms with Crippen LogP contribution >= 0.6 is 0 Å². The minimum absolute atomic E-state index is 0.00656. The molecule has 0 amide bonds. The zero-order valence-electron chi connectivity index (χ0n) is 14.0. The van der Waals surface area contributed by atoms with Gasteiger partial charge in [0.2, 0.25) is 0 Å². The molecule has 19 heavy (non-hydrogen) atoms. The van der Waals surface area contributed by atoms with Crippen molar-refractivity contribution in [1.82, 2.24) is 5.32 Å². The molecule has 1 aliphatic heterocycles. The number of piperidine rings is 1. The molecule has 2 N–H and O–H groups in total. The number of nitrogens with one attached hydrogen (secondary N) is 1. The zero-order valence-corrected chi connectivity index (χ0v) is 15.0. The van der Waals surface area contributed by atoms with Gasteiger partial charge in [0, 0.05) is 11.6 Å². The maximum absolute atomic E-state index is 10.0. The van der Waals surface area contributed by atoms with Crippen LogP contribution in [-0.2, 0) is 4.43 Å². The number of aliphatic hydroxyl groups is 1. The number of aliphatic hydroxyl groups excluding tert-OH is 1. The smallest absolute Gasteiger partial charge is 0.192 e. The molecule has 0 bridgehead atoms. The fourth-order valence-electron chi connectivity index (χ4n) is 2.62. The van der Waals surface area contributed by atoms with Gasteiger partial charge in [0.25, 0.3) is 0 Å². The van der Waals surface area contributed by atoms with Crippen molar-refractivity contribution in [2.75, 3.05) is 0 Å². The summed E-state index contributed by atoms with van der Waals surface area (Å²) < 4.78 is 6.45. The Morgan fingerprint density at radius 2 is 1.84 bits per heavy atom. The normalized spacial score (nSPS) is 30.2. The van der Waals surface area contributed by atoms with Gasteiger partial charge in [-0.25, -0.2) is 0 Å². The summed E-state index contributed by atoms with van der Waals surface area (Å²) in [5, 5.41) is 13.9. The molecular weight excluding hydrogens is 254 g/mol. The van der Waals surface area contributed by atoms with Gasteiger partial charge in [-0.3, -0.25) is 0 Å². The van der Waals surface area contributed by atoms with Crippen LogP contribution in [0.1, 0.15) is 54.4 Å². The van der Waals surface area contributed by atoms with E-state index in [2.05, 4.69) is 60.0 Å². The predicted octanol–water partition coefficient (Wildman–Crippen LogP) is 3.29. The molecule has 0 aliphatic carbocycles. The SMILES string of the molecule is C[C@H](O[Si](C)(C)C(C)(C)C)[C@@H]1CC(O)CC(C)(C)N1. The van der Waals surface area contributed by atoms with Crippen LogP contribution in [0.2, 0.25) is 18.1 Å². The van der Waals surface area contributed by atoms with Gasteiger partial charge in [0.1, 0.15) is 0 Å². The second-order valence-electron chi connectivity index (χ2n) is 8.31. The lowest BCUT2D eigenvalue weighted by Gasteiger charge is -2.45. The number of hydrogen-bond donors (Lipinski definition) is 2. The molecule has 1 heterocycles. The van der Waals surface area contributed by atoms with Crippen molar-refractivity contribution in [3.63, 3.8) is 0 Å². The highest BCUT2D eigenvalue weighted by atomic mass is 28.4. The largest absolute Gasteiger partial charge is 0.413 e. The molecule has 1 saturated heterocycles. The third-order valence-electron chi connectivity index (χ3n) is 4.70. The van der Waals surface area contributed by atoms with Crippen LogP contribution in [0.5, 0.6) is 0 Å². The van der Waals surface area contributed by atoms with Crippen molar-refractivity contribution >= 4 is 8.32 Å². The van der Waals surface area contributed by atoms with Gasteiger partial charge >= 0.3 is 0 Å². The molecule has 3 atom stereocenters. The van der Waals surface area contributed by atoms with Gasteiger partial charge in [-0.1, -0.05) is 20.8 Å². The molecule has 3 nitrogen and oxygen atoms in total. The summed E-state index contributed by atoms with van der Waals surface area (Å²) in [6.45, 7) is 17.8. The first-order valence-corrected chi connectivity index (χ1v) is 10.4. The average Bonchev–Trinajstić information content (AvgIpc) is 2.11. The van der Waals surface area contributed by atoms with E-state index in [9.17, 15) is 5.11 Å². The van der Waals surface area contributed by atoms with Crippen molar-refractivity contribution in [3.8, 4) is 0 Å². The minimum atomic E-state index is -1.74. The first-order valence-electron chi connectivity index (χ1n) is 7.48. The minimum Gasteiger partial charge on any atom is -0.413 e. The molecule has 0 aromatic heterocycles. The monoisotopic (exact) mass is 287 g/mol. The Morgan fingerprint density at radius 1 is 1.32 bits per heavy atom. The summed E-state index contributed by atoms with van der Waals surface area (Å²) in [5.41, 5.74) is -0.00656. The number of rotatable bonds is 3. The molecule has 0 radical (unpaired) electrons. The Morgan fingerprint density at radius 3 is 2.26 bits per heavy atom. The Labute approximate surface area is 120 Å². The van der Waals surface area contributed by atoms with Crippen molar-refractivity contribution in [3.05, 3.63) is 0 Å². The van der Waals surface area contributed by atoms with Crippen LogP contribution in [0, 0.1) is 0 Å². The van der Waals surface area contributed by atoms with Gasteiger partial charge < -0.3 is 14.8 Å². The molecule has 1 aliphatic rings. The summed E-state index contributed by atoms with van der Waals surface area (Å²) in [6, 6.07) is 0.243. The highest BCUT2D eigenvalue weighted by Crippen LogP contribution is 2.38. The molecule has 1 rings (SSSR count). The highest BCUT2D eigenvalue weighted by molar-refractivity contribution is 6.74. The van der Waals surface area contributed by atoms with Crippen molar-refractivity contribution in [1.29, 1.82) is 0 Å². The first kappa shape index (κ1) is 17.1. The Kier molecular flexibility index (Phi) is 4.94. The van der Waals surface area contributed by atoms with E-state index in [1.807, 2.05) is 0 Å². The van der Waals surface area contributed by atoms with E-state index in [1.165, 1.54) is 0 Å². The van der Waals surface area contributed by atoms with Crippen LogP contribution in [0.4, 0.5) is 0 Å². The molecule has 114 valence electrons. The Balaban J connectivity index is 2.70. The molecule has 0 aromatic carbocycles. The third-order valence-corrected chi connectivity index (χ3v) is 9.27. The van der Waals surface area contributed by atoms with Gasteiger partial charge in [-0.2, -0.15) is 0 Å². The summed E-state index contributed by atoms with van der Waals surface area (Å²) in [7, 11) is -1.74. The van der Waals surface area contributed by atoms with Crippen LogP contribution < -0.4 is 5.32 Å². The van der Waals surface area contributed by atoms with E-state index in [0.29, 0.717) is 0 Å². The Bertz CT molecular complexity index is 310. The topological polar surface area (TPSA) is 41.5 Å². The molecule has 0 saturated carbocycles. The maximum Gasteiger partial charge on any atom is 0.192 e. The lowest BCUT2D eigenvalue weighted by Crippen LogP contribution is -2.59. The van der Waals surface area contributed by atoms with Crippen molar-refractivity contribution in [2.45, 2.75) is 96.3 Å². The van der Waals surface area contributed by atoms with Crippen molar-refractivity contribution < 1.29 is 9.53 Å². The van der Waals surface area contributed by atoms with Crippen LogP contribution in [0.3, 0.4) is 0 Å². The van der Waals surface area contributed by atoms with E-state index in [1.54, 1.807) is 0 Å². The van der Waals surface area contributed by atoms with Gasteiger partial charge in [0.15, 0.2) is 8.32 Å². The second-order valence-corrected chi connectivity index (χ2v) is 13.1. The maximum atomic E-state index is 10.0. The molecule has 4 heteroatoms. The first-order chi connectivity index (χ1) is 8.34. The fourth-order valence-corrected chi connectivity index (χ4v) is 4.07. The highest BCUT2D eigenvalue weighted by Gasteiger charge is 2.42. The molecule has 1 unspecified atom stereocenters. The quantitative estimate of drug-likeness (QED) is 0.783. The van der Waals surface area contributed by atoms with Crippen LogP contribution in [-0.4, -0.2) is 37.2 Å². The van der Waals surface area contributed by atoms with E-state index < -0.39 is 8.32 Å². The molecular formula is C15H33NO2Si. The van der Waals surface area contributed by atoms with E-state index in [4.69, 9.17) is 4.43 Å². The lowest BCUT2D eigenvalue weighted by atomic mass is 9.85. The van der Waals surface area contributed by atoms with Gasteiger partial charge in [-0.05, 0) is 51.7 Å². The van der Waals surface area contributed by atoms with E-state index in [-0.39, 0.29) is 28.8 Å². The van der Waals surface area contributed by atoms with Gasteiger partial charge in [0.05, 0.1) is 12.2 Å². The van der Waals surface area contributed by atoms with E-state index >= 15 is 0 Å². The zero-order chi connectivity index (χ0) is 15.1. The summed E-state index contributed by atoms with van der Waals surface area (Å²) in [4.78, 5) is 0. The molecule has 0 aromatic rings. The summed E-state index contributed by atoms with van der Waals surface area (Å²) >= 11 is 0. The molecule has 0 spiro atoms. The third kappa shape index (κ3) is 4.55.